The second-order valence-corrected chi connectivity index (χ2v) is 20.2. The van der Waals surface area contributed by atoms with Crippen LogP contribution in [0, 0.1) is 0 Å². The Morgan fingerprint density at radius 1 is 0.231 bits per heavy atom. The predicted molar refractivity (Wildman–Crippen MR) is 326 cm³/mol. The Labute approximate surface area is 449 Å². The molecular formula is C73H45N5. The fourth-order valence-electron chi connectivity index (χ4n) is 12.7. The fourth-order valence-corrected chi connectivity index (χ4v) is 12.7. The van der Waals surface area contributed by atoms with Crippen LogP contribution in [0.5, 0.6) is 0 Å². The molecule has 0 N–H and O–H groups in total. The Balaban J connectivity index is 0.932. The van der Waals surface area contributed by atoms with E-state index < -0.39 is 0 Å². The van der Waals surface area contributed by atoms with Gasteiger partial charge in [0.1, 0.15) is 0 Å². The van der Waals surface area contributed by atoms with E-state index in [2.05, 4.69) is 246 Å². The molecular weight excluding hydrogens is 947 g/mol. The standard InChI is InChI=1S/C73H45N5/c1-4-23-46(24-5-1)71-74-72(47-25-6-2-7-26-47)76-73(75-71)69-53-32-12-10-30-51(53)66(52-31-11-13-33-54(52)69)48-43-44-64-61(45-48)50-29-18-20-40-62(50)78(64)70-57-36-16-14-34-55(57)67(56-35-15-17-37-58(56)70)60-39-22-42-65-68(60)59-38-19-21-41-63(59)77(65)49-27-8-3-9-28-49/h1-45H. The summed E-state index contributed by atoms with van der Waals surface area (Å²) in [6.07, 6.45) is 0. The molecule has 13 aromatic carbocycles. The van der Waals surface area contributed by atoms with Crippen molar-refractivity contribution in [2.45, 2.75) is 0 Å². The molecule has 0 fully saturated rings. The second kappa shape index (κ2) is 17.6. The van der Waals surface area contributed by atoms with Gasteiger partial charge in [0.05, 0.1) is 27.8 Å². The molecule has 0 aliphatic heterocycles. The van der Waals surface area contributed by atoms with Crippen molar-refractivity contribution in [3.05, 3.63) is 273 Å². The minimum Gasteiger partial charge on any atom is -0.309 e. The Bertz CT molecular complexity index is 4900. The normalized spacial score (nSPS) is 11.8. The maximum absolute atomic E-state index is 5.29. The number of fused-ring (bicyclic) bond motifs is 10. The first-order chi connectivity index (χ1) is 38.7. The van der Waals surface area contributed by atoms with Gasteiger partial charge in [0.15, 0.2) is 17.5 Å². The molecule has 3 aromatic heterocycles. The third kappa shape index (κ3) is 6.65. The molecule has 16 rings (SSSR count). The Hall–Kier alpha value is -10.5. The summed E-state index contributed by atoms with van der Waals surface area (Å²) in [5.41, 5.74) is 14.6. The summed E-state index contributed by atoms with van der Waals surface area (Å²) < 4.78 is 4.94. The molecule has 5 nitrogen and oxygen atoms in total. The highest BCUT2D eigenvalue weighted by atomic mass is 15.0. The highest BCUT2D eigenvalue weighted by Gasteiger charge is 2.25. The smallest absolute Gasteiger partial charge is 0.165 e. The summed E-state index contributed by atoms with van der Waals surface area (Å²) in [4.78, 5) is 15.6. The summed E-state index contributed by atoms with van der Waals surface area (Å²) in [5.74, 6) is 1.91. The zero-order valence-electron chi connectivity index (χ0n) is 42.2. The van der Waals surface area contributed by atoms with Crippen LogP contribution >= 0.6 is 0 Å². The van der Waals surface area contributed by atoms with Gasteiger partial charge in [-0.3, -0.25) is 0 Å². The second-order valence-electron chi connectivity index (χ2n) is 20.2. The monoisotopic (exact) mass is 991 g/mol. The number of para-hydroxylation sites is 3. The quantitative estimate of drug-likeness (QED) is 0.150. The van der Waals surface area contributed by atoms with E-state index in [9.17, 15) is 0 Å². The molecule has 0 aliphatic carbocycles. The van der Waals surface area contributed by atoms with Crippen molar-refractivity contribution in [2.24, 2.45) is 0 Å². The number of hydrogen-bond acceptors (Lipinski definition) is 3. The van der Waals surface area contributed by atoms with Crippen LogP contribution in [0.4, 0.5) is 0 Å². The zero-order chi connectivity index (χ0) is 51.3. The van der Waals surface area contributed by atoms with E-state index in [0.29, 0.717) is 17.5 Å². The highest BCUT2D eigenvalue weighted by molar-refractivity contribution is 6.27. The van der Waals surface area contributed by atoms with Crippen LogP contribution in [-0.4, -0.2) is 24.1 Å². The average Bonchev–Trinajstić information content (AvgIpc) is 4.16. The van der Waals surface area contributed by atoms with Gasteiger partial charge in [-0.15, -0.1) is 0 Å². The van der Waals surface area contributed by atoms with Crippen molar-refractivity contribution in [2.75, 3.05) is 0 Å². The molecule has 0 saturated carbocycles. The van der Waals surface area contributed by atoms with E-state index in [4.69, 9.17) is 15.0 Å². The van der Waals surface area contributed by atoms with Crippen LogP contribution in [0.2, 0.25) is 0 Å². The van der Waals surface area contributed by atoms with Gasteiger partial charge in [-0.05, 0) is 97.0 Å². The lowest BCUT2D eigenvalue weighted by atomic mass is 9.87. The van der Waals surface area contributed by atoms with E-state index >= 15 is 0 Å². The first-order valence-electron chi connectivity index (χ1n) is 26.6. The molecule has 0 aliphatic rings. The molecule has 0 spiro atoms. The molecule has 362 valence electrons. The van der Waals surface area contributed by atoms with Crippen LogP contribution in [0.3, 0.4) is 0 Å². The lowest BCUT2D eigenvalue weighted by Crippen LogP contribution is -2.01. The van der Waals surface area contributed by atoms with Crippen LogP contribution in [0.25, 0.3) is 154 Å². The molecule has 0 unspecified atom stereocenters. The Morgan fingerprint density at radius 3 is 1.21 bits per heavy atom. The van der Waals surface area contributed by atoms with E-state index in [-0.39, 0.29) is 0 Å². The number of benzene rings is 13. The van der Waals surface area contributed by atoms with Gasteiger partial charge >= 0.3 is 0 Å². The number of nitrogens with zero attached hydrogens (tertiary/aromatic N) is 5. The molecule has 5 heteroatoms. The topological polar surface area (TPSA) is 48.5 Å². The number of rotatable bonds is 7. The van der Waals surface area contributed by atoms with Gasteiger partial charge in [0, 0.05) is 54.7 Å². The third-order valence-electron chi connectivity index (χ3n) is 15.9. The lowest BCUT2D eigenvalue weighted by molar-refractivity contribution is 1.08. The SMILES string of the molecule is c1ccc(-c2nc(-c3ccccc3)nc(-c3c4ccccc4c(-c4ccc5c(c4)c4ccccc4n5-c4c5ccccc5c(-c5cccc6c5c5ccccc5n6-c5ccccc5)c5ccccc45)c4ccccc34)n2)cc1. The molecule has 16 aromatic rings. The maximum Gasteiger partial charge on any atom is 0.165 e. The van der Waals surface area contributed by atoms with Crippen molar-refractivity contribution in [1.29, 1.82) is 0 Å². The Kier molecular flexibility index (Phi) is 9.87. The van der Waals surface area contributed by atoms with Crippen molar-refractivity contribution in [3.63, 3.8) is 0 Å². The minimum atomic E-state index is 0.637. The van der Waals surface area contributed by atoms with Crippen LogP contribution in [0.15, 0.2) is 273 Å². The first kappa shape index (κ1) is 43.9. The lowest BCUT2D eigenvalue weighted by Gasteiger charge is -2.20. The van der Waals surface area contributed by atoms with E-state index in [1.165, 1.54) is 76.5 Å². The van der Waals surface area contributed by atoms with Gasteiger partial charge in [0.2, 0.25) is 0 Å². The zero-order valence-corrected chi connectivity index (χ0v) is 42.2. The summed E-state index contributed by atoms with van der Waals surface area (Å²) >= 11 is 0. The van der Waals surface area contributed by atoms with Gasteiger partial charge in [0.25, 0.3) is 0 Å². The molecule has 0 radical (unpaired) electrons. The van der Waals surface area contributed by atoms with Crippen LogP contribution in [-0.2, 0) is 0 Å². The summed E-state index contributed by atoms with van der Waals surface area (Å²) in [7, 11) is 0. The molecule has 0 atom stereocenters. The molecule has 0 amide bonds. The molecule has 0 saturated heterocycles. The molecule has 78 heavy (non-hydrogen) atoms. The first-order valence-corrected chi connectivity index (χ1v) is 26.6. The van der Waals surface area contributed by atoms with Crippen molar-refractivity contribution in [3.8, 4) is 67.8 Å². The maximum atomic E-state index is 5.29. The third-order valence-corrected chi connectivity index (χ3v) is 15.9. The average molecular weight is 992 g/mol. The van der Waals surface area contributed by atoms with Crippen molar-refractivity contribution < 1.29 is 0 Å². The molecule has 3 heterocycles. The van der Waals surface area contributed by atoms with Gasteiger partial charge in [-0.1, -0.05) is 231 Å². The van der Waals surface area contributed by atoms with Gasteiger partial charge in [-0.2, -0.15) is 0 Å². The van der Waals surface area contributed by atoms with E-state index in [1.54, 1.807) is 0 Å². The van der Waals surface area contributed by atoms with Gasteiger partial charge in [-0.25, -0.2) is 15.0 Å². The summed E-state index contributed by atoms with van der Waals surface area (Å²) in [6, 6.07) is 98.4. The van der Waals surface area contributed by atoms with Crippen molar-refractivity contribution in [1.82, 2.24) is 24.1 Å². The van der Waals surface area contributed by atoms with E-state index in [1.807, 2.05) is 36.4 Å². The van der Waals surface area contributed by atoms with Crippen LogP contribution < -0.4 is 0 Å². The molecule has 0 bridgehead atoms. The Morgan fingerprint density at radius 2 is 0.641 bits per heavy atom. The minimum absolute atomic E-state index is 0.637. The summed E-state index contributed by atoms with van der Waals surface area (Å²) in [5, 5.41) is 14.1. The summed E-state index contributed by atoms with van der Waals surface area (Å²) in [6.45, 7) is 0. The number of aromatic nitrogens is 5. The highest BCUT2D eigenvalue weighted by Crippen LogP contribution is 2.49. The fraction of sp³-hybridized carbons (Fsp3) is 0. The van der Waals surface area contributed by atoms with E-state index in [0.717, 1.165) is 60.5 Å². The largest absolute Gasteiger partial charge is 0.309 e. The van der Waals surface area contributed by atoms with Crippen molar-refractivity contribution >= 4 is 86.7 Å². The number of hydrogen-bond donors (Lipinski definition) is 0. The van der Waals surface area contributed by atoms with Gasteiger partial charge < -0.3 is 9.13 Å². The predicted octanol–water partition coefficient (Wildman–Crippen LogP) is 19.0. The van der Waals surface area contributed by atoms with Crippen LogP contribution in [0.1, 0.15) is 0 Å².